The molecule has 0 aliphatic heterocycles. The lowest BCUT2D eigenvalue weighted by molar-refractivity contribution is -0.161. The van der Waals surface area contributed by atoms with Crippen LogP contribution in [0.2, 0.25) is 0 Å². The minimum atomic E-state index is -4.48. The smallest absolute Gasteiger partial charge is 0.462 e. The Balaban J connectivity index is 4.50. The molecule has 0 aliphatic rings. The molecule has 0 aromatic heterocycles. The number of hydrogen-bond donors (Lipinski definition) is 5. The summed E-state index contributed by atoms with van der Waals surface area (Å²) in [5.74, 6) is -1.17. The topological polar surface area (TPSA) is 195 Å². The zero-order valence-corrected chi connectivity index (χ0v) is 36.5. The van der Waals surface area contributed by atoms with Crippen LogP contribution in [0.3, 0.4) is 0 Å². The fraction of sp³-hybridized carbons (Fsp3) is 0.689. The van der Waals surface area contributed by atoms with Crippen molar-refractivity contribution < 1.29 is 52.9 Å². The molecule has 0 saturated heterocycles. The van der Waals surface area contributed by atoms with E-state index in [1.165, 1.54) is 70.3 Å². The van der Waals surface area contributed by atoms with E-state index in [-0.39, 0.29) is 45.4 Å². The van der Waals surface area contributed by atoms with Gasteiger partial charge in [-0.05, 0) is 57.8 Å². The molecule has 1 unspecified atom stereocenters. The van der Waals surface area contributed by atoms with Gasteiger partial charge in [0.15, 0.2) is 6.10 Å². The average molecular weight is 840 g/mol. The fourth-order valence-corrected chi connectivity index (χ4v) is 6.32. The van der Waals surface area contributed by atoms with Gasteiger partial charge in [-0.15, -0.1) is 0 Å². The number of hydrogen-bond acceptors (Lipinski definition) is 11. The molecule has 58 heavy (non-hydrogen) atoms. The summed E-state index contributed by atoms with van der Waals surface area (Å²) in [7, 11) is -4.48. The first-order valence-corrected chi connectivity index (χ1v) is 23.2. The Morgan fingerprint density at radius 2 is 1.22 bits per heavy atom. The molecule has 0 aliphatic carbocycles. The predicted octanol–water partition coefficient (Wildman–Crippen LogP) is 9.19. The Morgan fingerprint density at radius 1 is 0.655 bits per heavy atom. The number of phosphoric ester groups is 1. The summed E-state index contributed by atoms with van der Waals surface area (Å²) < 4.78 is 32.5. The normalized spacial score (nSPS) is 15.6. The second-order valence-corrected chi connectivity index (χ2v) is 15.8. The van der Waals surface area contributed by atoms with Gasteiger partial charge in [0.2, 0.25) is 0 Å². The summed E-state index contributed by atoms with van der Waals surface area (Å²) in [6.07, 6.45) is 37.3. The zero-order chi connectivity index (χ0) is 43.0. The highest BCUT2D eigenvalue weighted by atomic mass is 31.2. The van der Waals surface area contributed by atoms with Crippen LogP contribution in [-0.4, -0.2) is 82.9 Å². The lowest BCUT2D eigenvalue weighted by Crippen LogP contribution is -2.30. The summed E-state index contributed by atoms with van der Waals surface area (Å²) in [5.41, 5.74) is 5.32. The molecule has 13 heteroatoms. The fourth-order valence-electron chi connectivity index (χ4n) is 5.56. The number of aliphatic hydroxyl groups excluding tert-OH is 3. The quantitative estimate of drug-likeness (QED) is 0.0130. The molecule has 0 bridgehead atoms. The molecule has 0 aromatic carbocycles. The Bertz CT molecular complexity index is 1230. The summed E-state index contributed by atoms with van der Waals surface area (Å²) in [6.45, 7) is 3.11. The Labute approximate surface area is 350 Å². The van der Waals surface area contributed by atoms with E-state index in [1.54, 1.807) is 42.5 Å². The summed E-state index contributed by atoms with van der Waals surface area (Å²) >= 11 is 0. The van der Waals surface area contributed by atoms with Crippen LogP contribution in [0, 0.1) is 0 Å². The van der Waals surface area contributed by atoms with Crippen LogP contribution in [-0.2, 0) is 32.7 Å². The van der Waals surface area contributed by atoms with Crippen LogP contribution >= 0.6 is 7.82 Å². The molecule has 0 radical (unpaired) electrons. The van der Waals surface area contributed by atoms with Crippen molar-refractivity contribution >= 4 is 19.8 Å². The van der Waals surface area contributed by atoms with Crippen LogP contribution in [0.25, 0.3) is 0 Å². The second-order valence-electron chi connectivity index (χ2n) is 14.4. The lowest BCUT2D eigenvalue weighted by atomic mass is 10.1. The van der Waals surface area contributed by atoms with Crippen molar-refractivity contribution in [2.75, 3.05) is 26.4 Å². The average Bonchev–Trinajstić information content (AvgIpc) is 3.20. The number of esters is 2. The highest BCUT2D eigenvalue weighted by Gasteiger charge is 2.26. The largest absolute Gasteiger partial charge is 0.472 e. The van der Waals surface area contributed by atoms with Crippen LogP contribution in [0.15, 0.2) is 72.9 Å². The Hall–Kier alpha value is -2.67. The molecule has 0 fully saturated rings. The third-order valence-corrected chi connectivity index (χ3v) is 9.90. The minimum Gasteiger partial charge on any atom is -0.462 e. The van der Waals surface area contributed by atoms with Gasteiger partial charge in [0.25, 0.3) is 0 Å². The molecule has 334 valence electrons. The van der Waals surface area contributed by atoms with Crippen molar-refractivity contribution in [1.82, 2.24) is 0 Å². The molecule has 5 atom stereocenters. The zero-order valence-electron chi connectivity index (χ0n) is 35.6. The standard InChI is InChI=1S/C45H78NO11P/c1-3-5-7-8-9-10-11-12-13-14-15-16-17-18-19-24-28-34-44(50)54-38-41(39-56-58(52,53)55-37-36-46)57-45(51)35-29-33-43(49)42(48)32-27-23-21-20-22-26-31-40(47)30-25-6-4-2/h6,12-13,20-23,25-27,31-32,40-43,47-49H,3-5,7-11,14-19,24,28-30,33-39,46H2,1-2H3,(H,52,53)/b13-12-,22-20+,23-21-,25-6-,31-26+,32-27-/t40-,41+,42+,43+/m0/s1. The van der Waals surface area contributed by atoms with Gasteiger partial charge in [-0.25, -0.2) is 4.57 Å². The van der Waals surface area contributed by atoms with Gasteiger partial charge in [0.1, 0.15) is 6.61 Å². The molecule has 12 nitrogen and oxygen atoms in total. The number of carbonyl (C=O) groups is 2. The van der Waals surface area contributed by atoms with Crippen LogP contribution < -0.4 is 5.73 Å². The number of rotatable bonds is 39. The molecular formula is C45H78NO11P. The number of nitrogens with two attached hydrogens (primary N) is 1. The highest BCUT2D eigenvalue weighted by Crippen LogP contribution is 2.43. The van der Waals surface area contributed by atoms with Crippen molar-refractivity contribution in [2.45, 2.75) is 173 Å². The maximum absolute atomic E-state index is 12.6. The van der Waals surface area contributed by atoms with Gasteiger partial charge in [-0.2, -0.15) is 0 Å². The third-order valence-electron chi connectivity index (χ3n) is 8.92. The molecule has 6 N–H and O–H groups in total. The minimum absolute atomic E-state index is 0.00656. The maximum Gasteiger partial charge on any atom is 0.472 e. The summed E-state index contributed by atoms with van der Waals surface area (Å²) in [5, 5.41) is 30.4. The molecule has 0 aromatic rings. The van der Waals surface area contributed by atoms with E-state index in [9.17, 15) is 34.4 Å². The van der Waals surface area contributed by atoms with Gasteiger partial charge in [-0.3, -0.25) is 18.6 Å². The van der Waals surface area contributed by atoms with E-state index in [0.29, 0.717) is 12.8 Å². The lowest BCUT2D eigenvalue weighted by Gasteiger charge is -2.20. The monoisotopic (exact) mass is 840 g/mol. The van der Waals surface area contributed by atoms with Crippen molar-refractivity contribution in [1.29, 1.82) is 0 Å². The molecular weight excluding hydrogens is 761 g/mol. The van der Waals surface area contributed by atoms with Crippen molar-refractivity contribution in [2.24, 2.45) is 5.73 Å². The Morgan fingerprint density at radius 3 is 1.84 bits per heavy atom. The number of allylic oxidation sites excluding steroid dienone is 9. The maximum atomic E-state index is 12.6. The number of aliphatic hydroxyl groups is 3. The van der Waals surface area contributed by atoms with E-state index in [0.717, 1.165) is 32.1 Å². The van der Waals surface area contributed by atoms with E-state index in [4.69, 9.17) is 24.3 Å². The van der Waals surface area contributed by atoms with Gasteiger partial charge < -0.3 is 35.4 Å². The first kappa shape index (κ1) is 55.3. The SMILES string of the molecule is CC/C=C\C[C@H](O)/C=C/C=C/C=C\C=C/[C@@H](O)[C@H](O)CCCC(=O)O[C@H](COC(=O)CCCCCCCCC/C=C\CCCCCCCC)COP(=O)(O)OCCN. The molecule has 0 heterocycles. The van der Waals surface area contributed by atoms with Crippen molar-refractivity contribution in [3.63, 3.8) is 0 Å². The number of phosphoric acid groups is 1. The predicted molar refractivity (Wildman–Crippen MR) is 233 cm³/mol. The van der Waals surface area contributed by atoms with E-state index in [2.05, 4.69) is 19.1 Å². The van der Waals surface area contributed by atoms with E-state index >= 15 is 0 Å². The van der Waals surface area contributed by atoms with E-state index in [1.807, 2.05) is 19.1 Å². The molecule has 0 saturated carbocycles. The van der Waals surface area contributed by atoms with Crippen molar-refractivity contribution in [3.8, 4) is 0 Å². The van der Waals surface area contributed by atoms with Gasteiger partial charge in [-0.1, -0.05) is 151 Å². The van der Waals surface area contributed by atoms with Crippen LogP contribution in [0.5, 0.6) is 0 Å². The van der Waals surface area contributed by atoms with Gasteiger partial charge >= 0.3 is 19.8 Å². The first-order valence-electron chi connectivity index (χ1n) is 21.7. The van der Waals surface area contributed by atoms with Crippen LogP contribution in [0.4, 0.5) is 0 Å². The highest BCUT2D eigenvalue weighted by molar-refractivity contribution is 7.47. The molecule has 0 spiro atoms. The second kappa shape index (κ2) is 39.8. The number of unbranched alkanes of at least 4 members (excludes halogenated alkanes) is 13. The Kier molecular flexibility index (Phi) is 37.9. The van der Waals surface area contributed by atoms with Gasteiger partial charge in [0.05, 0.1) is 31.5 Å². The number of ether oxygens (including phenoxy) is 2. The molecule has 0 rings (SSSR count). The van der Waals surface area contributed by atoms with Crippen molar-refractivity contribution in [3.05, 3.63) is 72.9 Å². The first-order chi connectivity index (χ1) is 28.0. The third kappa shape index (κ3) is 37.6. The number of carbonyl (C=O) groups excluding carboxylic acids is 2. The molecule has 0 amide bonds. The van der Waals surface area contributed by atoms with Gasteiger partial charge in [0, 0.05) is 19.4 Å². The summed E-state index contributed by atoms with van der Waals surface area (Å²) in [4.78, 5) is 34.9. The van der Waals surface area contributed by atoms with Crippen LogP contribution in [0.1, 0.15) is 149 Å². The van der Waals surface area contributed by atoms with E-state index < -0.39 is 50.8 Å². The summed E-state index contributed by atoms with van der Waals surface area (Å²) in [6, 6.07) is 0.